The average molecular weight is 179 g/mol. The van der Waals surface area contributed by atoms with Crippen LogP contribution in [0.3, 0.4) is 0 Å². The van der Waals surface area contributed by atoms with E-state index < -0.39 is 0 Å². The summed E-state index contributed by atoms with van der Waals surface area (Å²) < 4.78 is 0. The van der Waals surface area contributed by atoms with Crippen LogP contribution in [0.15, 0.2) is 29.4 Å². The van der Waals surface area contributed by atoms with Gasteiger partial charge in [0.15, 0.2) is 5.84 Å². The van der Waals surface area contributed by atoms with Gasteiger partial charge >= 0.3 is 0 Å². The Balaban J connectivity index is 3.05. The Kier molecular flexibility index (Phi) is 2.74. The van der Waals surface area contributed by atoms with E-state index in [2.05, 4.69) is 5.16 Å². The minimum atomic E-state index is 0.128. The summed E-state index contributed by atoms with van der Waals surface area (Å²) in [6.07, 6.45) is 0. The van der Waals surface area contributed by atoms with Crippen LogP contribution >= 0.6 is 0 Å². The number of anilines is 1. The lowest BCUT2D eigenvalue weighted by Crippen LogP contribution is -2.15. The number of amidine groups is 1. The molecule has 1 aromatic carbocycles. The molecule has 13 heavy (non-hydrogen) atoms. The van der Waals surface area contributed by atoms with Gasteiger partial charge in [0.1, 0.15) is 0 Å². The molecule has 0 bridgehead atoms. The largest absolute Gasteiger partial charge is 0.409 e. The predicted octanol–water partition coefficient (Wildman–Crippen LogP) is 0.847. The molecule has 4 nitrogen and oxygen atoms in total. The standard InChI is InChI=1S/C9H13N3O/c1-12(2)8-5-3-4-7(6-8)9(10)11-13/h3-6,13H,1-2H3,(H2,10,11). The second-order valence-electron chi connectivity index (χ2n) is 2.93. The first-order chi connectivity index (χ1) is 6.15. The molecule has 0 unspecified atom stereocenters. The minimum absolute atomic E-state index is 0.128. The number of hydrogen-bond donors (Lipinski definition) is 2. The highest BCUT2D eigenvalue weighted by molar-refractivity contribution is 5.97. The Morgan fingerprint density at radius 1 is 1.46 bits per heavy atom. The molecule has 1 rings (SSSR count). The molecule has 0 amide bonds. The predicted molar refractivity (Wildman–Crippen MR) is 53.3 cm³/mol. The average Bonchev–Trinajstić information content (AvgIpc) is 2.17. The molecule has 3 N–H and O–H groups in total. The van der Waals surface area contributed by atoms with Gasteiger partial charge in [0.2, 0.25) is 0 Å². The van der Waals surface area contributed by atoms with Crippen LogP contribution in [0.5, 0.6) is 0 Å². The molecule has 0 saturated heterocycles. The van der Waals surface area contributed by atoms with E-state index in [1.54, 1.807) is 6.07 Å². The van der Waals surface area contributed by atoms with Gasteiger partial charge in [-0.25, -0.2) is 0 Å². The summed E-state index contributed by atoms with van der Waals surface area (Å²) in [5.41, 5.74) is 7.18. The zero-order valence-corrected chi connectivity index (χ0v) is 7.73. The first-order valence-corrected chi connectivity index (χ1v) is 3.90. The molecule has 0 spiro atoms. The first-order valence-electron chi connectivity index (χ1n) is 3.90. The molecule has 0 aromatic heterocycles. The van der Waals surface area contributed by atoms with E-state index in [-0.39, 0.29) is 5.84 Å². The Hall–Kier alpha value is -1.71. The van der Waals surface area contributed by atoms with E-state index in [1.165, 1.54) is 0 Å². The second-order valence-corrected chi connectivity index (χ2v) is 2.93. The van der Waals surface area contributed by atoms with E-state index in [0.717, 1.165) is 5.69 Å². The fourth-order valence-corrected chi connectivity index (χ4v) is 1.00. The van der Waals surface area contributed by atoms with Crippen molar-refractivity contribution in [2.24, 2.45) is 10.9 Å². The van der Waals surface area contributed by atoms with Gasteiger partial charge in [-0.2, -0.15) is 0 Å². The molecule has 0 aliphatic carbocycles. The SMILES string of the molecule is CN(C)c1cccc(/C(N)=N/O)c1. The van der Waals surface area contributed by atoms with Crippen LogP contribution in [0.2, 0.25) is 0 Å². The lowest BCUT2D eigenvalue weighted by Gasteiger charge is -2.12. The van der Waals surface area contributed by atoms with Gasteiger partial charge in [-0.05, 0) is 12.1 Å². The summed E-state index contributed by atoms with van der Waals surface area (Å²) in [6, 6.07) is 7.47. The van der Waals surface area contributed by atoms with Gasteiger partial charge in [-0.3, -0.25) is 0 Å². The quantitative estimate of drug-likeness (QED) is 0.306. The number of rotatable bonds is 2. The molecule has 1 aromatic rings. The molecule has 0 heterocycles. The third kappa shape index (κ3) is 2.11. The van der Waals surface area contributed by atoms with E-state index in [9.17, 15) is 0 Å². The van der Waals surface area contributed by atoms with E-state index >= 15 is 0 Å². The highest BCUT2D eigenvalue weighted by Gasteiger charge is 2.00. The van der Waals surface area contributed by atoms with Crippen molar-refractivity contribution in [2.45, 2.75) is 0 Å². The molecule has 4 heteroatoms. The Morgan fingerprint density at radius 3 is 2.69 bits per heavy atom. The van der Waals surface area contributed by atoms with Crippen molar-refractivity contribution >= 4 is 11.5 Å². The van der Waals surface area contributed by atoms with E-state index in [1.807, 2.05) is 37.2 Å². The van der Waals surface area contributed by atoms with Crippen LogP contribution < -0.4 is 10.6 Å². The van der Waals surface area contributed by atoms with Crippen LogP contribution in [0.25, 0.3) is 0 Å². The van der Waals surface area contributed by atoms with Gasteiger partial charge in [0.05, 0.1) is 0 Å². The highest BCUT2D eigenvalue weighted by Crippen LogP contribution is 2.12. The number of nitrogens with two attached hydrogens (primary N) is 1. The monoisotopic (exact) mass is 179 g/mol. The summed E-state index contributed by atoms with van der Waals surface area (Å²) in [5.74, 6) is 0.128. The second kappa shape index (κ2) is 3.80. The minimum Gasteiger partial charge on any atom is -0.409 e. The summed E-state index contributed by atoms with van der Waals surface area (Å²) in [6.45, 7) is 0. The van der Waals surface area contributed by atoms with Gasteiger partial charge in [-0.15, -0.1) is 0 Å². The van der Waals surface area contributed by atoms with Gasteiger partial charge < -0.3 is 15.8 Å². The Labute approximate surface area is 77.3 Å². The molecule has 0 aliphatic rings. The van der Waals surface area contributed by atoms with Gasteiger partial charge in [0, 0.05) is 25.3 Å². The number of benzene rings is 1. The van der Waals surface area contributed by atoms with Crippen LogP contribution in [0.1, 0.15) is 5.56 Å². The molecule has 0 atom stereocenters. The summed E-state index contributed by atoms with van der Waals surface area (Å²) in [4.78, 5) is 1.95. The maximum Gasteiger partial charge on any atom is 0.170 e. The molecular weight excluding hydrogens is 166 g/mol. The third-order valence-corrected chi connectivity index (χ3v) is 1.77. The lowest BCUT2D eigenvalue weighted by atomic mass is 10.2. The van der Waals surface area contributed by atoms with Crippen molar-refractivity contribution in [2.75, 3.05) is 19.0 Å². The first kappa shape index (κ1) is 9.38. The van der Waals surface area contributed by atoms with Crippen molar-refractivity contribution in [3.8, 4) is 0 Å². The highest BCUT2D eigenvalue weighted by atomic mass is 16.4. The van der Waals surface area contributed by atoms with Crippen molar-refractivity contribution in [1.82, 2.24) is 0 Å². The molecule has 0 radical (unpaired) electrons. The number of oxime groups is 1. The lowest BCUT2D eigenvalue weighted by molar-refractivity contribution is 0.318. The van der Waals surface area contributed by atoms with Gasteiger partial charge in [0.25, 0.3) is 0 Å². The van der Waals surface area contributed by atoms with Crippen LogP contribution in [-0.2, 0) is 0 Å². The smallest absolute Gasteiger partial charge is 0.170 e. The number of hydrogen-bond acceptors (Lipinski definition) is 3. The molecule has 0 saturated carbocycles. The van der Waals surface area contributed by atoms with Crippen molar-refractivity contribution in [3.05, 3.63) is 29.8 Å². The van der Waals surface area contributed by atoms with Crippen molar-refractivity contribution in [3.63, 3.8) is 0 Å². The molecule has 0 fully saturated rings. The fourth-order valence-electron chi connectivity index (χ4n) is 1.00. The molecule has 0 aliphatic heterocycles. The maximum atomic E-state index is 8.47. The van der Waals surface area contributed by atoms with E-state index in [0.29, 0.717) is 5.56 Å². The van der Waals surface area contributed by atoms with Crippen LogP contribution in [0.4, 0.5) is 5.69 Å². The molecule has 70 valence electrons. The van der Waals surface area contributed by atoms with Gasteiger partial charge in [-0.1, -0.05) is 17.3 Å². The van der Waals surface area contributed by atoms with Crippen LogP contribution in [0, 0.1) is 0 Å². The summed E-state index contributed by atoms with van der Waals surface area (Å²) in [7, 11) is 3.87. The summed E-state index contributed by atoms with van der Waals surface area (Å²) in [5, 5.41) is 11.4. The van der Waals surface area contributed by atoms with Crippen LogP contribution in [-0.4, -0.2) is 25.1 Å². The third-order valence-electron chi connectivity index (χ3n) is 1.77. The Morgan fingerprint density at radius 2 is 2.15 bits per heavy atom. The normalized spacial score (nSPS) is 11.4. The zero-order chi connectivity index (χ0) is 9.84. The zero-order valence-electron chi connectivity index (χ0n) is 7.73. The van der Waals surface area contributed by atoms with E-state index in [4.69, 9.17) is 10.9 Å². The topological polar surface area (TPSA) is 61.8 Å². The maximum absolute atomic E-state index is 8.47. The van der Waals surface area contributed by atoms with Crippen molar-refractivity contribution < 1.29 is 5.21 Å². The van der Waals surface area contributed by atoms with Crippen molar-refractivity contribution in [1.29, 1.82) is 0 Å². The number of nitrogens with zero attached hydrogens (tertiary/aromatic N) is 2. The fraction of sp³-hybridized carbons (Fsp3) is 0.222. The Bertz CT molecular complexity index is 320. The molecular formula is C9H13N3O. The summed E-state index contributed by atoms with van der Waals surface area (Å²) >= 11 is 0.